The summed E-state index contributed by atoms with van der Waals surface area (Å²) in [5.41, 5.74) is 7.50. The number of carboxylic acid groups (broad SMARTS) is 1. The average Bonchev–Trinajstić information content (AvgIpc) is 3.16. The van der Waals surface area contributed by atoms with E-state index in [1.807, 2.05) is 32.2 Å². The number of aliphatic carboxylic acids is 1. The summed E-state index contributed by atoms with van der Waals surface area (Å²) < 4.78 is 8.02. The summed E-state index contributed by atoms with van der Waals surface area (Å²) >= 11 is 0. The van der Waals surface area contributed by atoms with Gasteiger partial charge in [-0.25, -0.2) is 9.67 Å². The van der Waals surface area contributed by atoms with Gasteiger partial charge in [-0.3, -0.25) is 9.69 Å². The first-order chi connectivity index (χ1) is 18.6. The topological polar surface area (TPSA) is 114 Å². The molecule has 0 aliphatic carbocycles. The van der Waals surface area contributed by atoms with Gasteiger partial charge in [-0.05, 0) is 59.7 Å². The molecule has 1 aliphatic rings. The van der Waals surface area contributed by atoms with Crippen LogP contribution in [0.1, 0.15) is 59.7 Å². The predicted molar refractivity (Wildman–Crippen MR) is 148 cm³/mol. The van der Waals surface area contributed by atoms with Crippen LogP contribution in [0, 0.1) is 19.8 Å². The smallest absolute Gasteiger partial charge is 0.304 e. The molecule has 1 aliphatic heterocycles. The first kappa shape index (κ1) is 26.6. The molecular weight excluding hydrogens is 494 g/mol. The van der Waals surface area contributed by atoms with Gasteiger partial charge in [0, 0.05) is 38.7 Å². The third-order valence-corrected chi connectivity index (χ3v) is 7.75. The van der Waals surface area contributed by atoms with E-state index < -0.39 is 5.97 Å². The standard InChI is InChI=1S/C30H35N5O4/c1-17(2)27-16-35(15-24-26(39-27)10-11-28(36)31-24)14-21-12-20(7-6-18(21)3)23(13-29(37)38)22-8-9-25-30(19(22)4)32-33-34(25)5/h6-12,17,23,27H,13-16H2,1-5H3,(H,31,36)(H,37,38)/t23-,27+/m1/s1. The first-order valence-electron chi connectivity index (χ1n) is 13.3. The van der Waals surface area contributed by atoms with Crippen molar-refractivity contribution < 1.29 is 19.7 Å². The highest BCUT2D eigenvalue weighted by Crippen LogP contribution is 2.35. The summed E-state index contributed by atoms with van der Waals surface area (Å²) in [6.07, 6.45) is -0.0548. The van der Waals surface area contributed by atoms with E-state index in [4.69, 9.17) is 4.74 Å². The van der Waals surface area contributed by atoms with Crippen molar-refractivity contribution >= 4 is 17.0 Å². The van der Waals surface area contributed by atoms with Crippen LogP contribution in [-0.4, -0.2) is 53.7 Å². The number of benzene rings is 2. The molecule has 0 saturated carbocycles. The maximum absolute atomic E-state index is 12.0. The number of rotatable bonds is 7. The van der Waals surface area contributed by atoms with E-state index in [-0.39, 0.29) is 24.3 Å². The molecule has 0 radical (unpaired) electrons. The van der Waals surface area contributed by atoms with Crippen LogP contribution in [0.5, 0.6) is 11.6 Å². The fraction of sp³-hybridized carbons (Fsp3) is 0.400. The van der Waals surface area contributed by atoms with Crippen molar-refractivity contribution in [3.8, 4) is 11.6 Å². The van der Waals surface area contributed by atoms with Crippen molar-refractivity contribution in [1.29, 1.82) is 0 Å². The molecule has 5 rings (SSSR count). The molecule has 0 saturated heterocycles. The van der Waals surface area contributed by atoms with Gasteiger partial charge in [0.15, 0.2) is 0 Å². The van der Waals surface area contributed by atoms with Gasteiger partial charge in [-0.1, -0.05) is 43.3 Å². The van der Waals surface area contributed by atoms with E-state index in [1.54, 1.807) is 16.8 Å². The highest BCUT2D eigenvalue weighted by Gasteiger charge is 2.28. The van der Waals surface area contributed by atoms with Crippen molar-refractivity contribution in [1.82, 2.24) is 24.9 Å². The predicted octanol–water partition coefficient (Wildman–Crippen LogP) is 4.71. The Kier molecular flexibility index (Phi) is 7.27. The number of carbonyl (C=O) groups is 1. The molecule has 0 bridgehead atoms. The second-order valence-electron chi connectivity index (χ2n) is 10.9. The van der Waals surface area contributed by atoms with E-state index in [1.165, 1.54) is 0 Å². The minimum atomic E-state index is -0.854. The van der Waals surface area contributed by atoms with Gasteiger partial charge in [-0.2, -0.15) is 0 Å². The third-order valence-electron chi connectivity index (χ3n) is 7.75. The van der Waals surface area contributed by atoms with Crippen LogP contribution >= 0.6 is 0 Å². The fourth-order valence-electron chi connectivity index (χ4n) is 5.42. The van der Waals surface area contributed by atoms with E-state index in [0.717, 1.165) is 38.9 Å². The fourth-order valence-corrected chi connectivity index (χ4v) is 5.42. The quantitative estimate of drug-likeness (QED) is 0.354. The molecule has 204 valence electrons. The van der Waals surface area contributed by atoms with Crippen molar-refractivity contribution in [2.75, 3.05) is 6.54 Å². The van der Waals surface area contributed by atoms with Gasteiger partial charge >= 0.3 is 5.97 Å². The van der Waals surface area contributed by atoms with Gasteiger partial charge < -0.3 is 14.9 Å². The molecule has 4 aromatic rings. The van der Waals surface area contributed by atoms with Crippen LogP contribution < -0.4 is 4.74 Å². The number of carboxylic acids is 1. The van der Waals surface area contributed by atoms with E-state index >= 15 is 0 Å². The molecule has 2 N–H and O–H groups in total. The zero-order valence-electron chi connectivity index (χ0n) is 23.0. The molecule has 2 aromatic carbocycles. The normalized spacial score (nSPS) is 16.6. The molecule has 3 heterocycles. The largest absolute Gasteiger partial charge is 0.493 e. The summed E-state index contributed by atoms with van der Waals surface area (Å²) in [5.74, 6) is -0.212. The second-order valence-corrected chi connectivity index (χ2v) is 10.9. The van der Waals surface area contributed by atoms with Gasteiger partial charge in [0.05, 0.1) is 11.9 Å². The molecule has 9 nitrogen and oxygen atoms in total. The summed E-state index contributed by atoms with van der Waals surface area (Å²) in [6, 6.07) is 13.5. The van der Waals surface area contributed by atoms with Gasteiger partial charge in [-0.15, -0.1) is 5.10 Å². The first-order valence-corrected chi connectivity index (χ1v) is 13.3. The van der Waals surface area contributed by atoms with E-state index in [0.29, 0.717) is 37.0 Å². The van der Waals surface area contributed by atoms with Crippen molar-refractivity contribution in [3.05, 3.63) is 76.0 Å². The third kappa shape index (κ3) is 5.45. The Morgan fingerprint density at radius 2 is 1.95 bits per heavy atom. The molecule has 2 aromatic heterocycles. The maximum Gasteiger partial charge on any atom is 0.304 e. The number of nitrogens with zero attached hydrogens (tertiary/aromatic N) is 5. The molecule has 0 amide bonds. The van der Waals surface area contributed by atoms with E-state index in [9.17, 15) is 15.0 Å². The lowest BCUT2D eigenvalue weighted by Gasteiger charge is -2.27. The molecular formula is C30H35N5O4. The Bertz CT molecular complexity index is 1530. The number of fused-ring (bicyclic) bond motifs is 2. The van der Waals surface area contributed by atoms with Crippen molar-refractivity contribution in [3.63, 3.8) is 0 Å². The Balaban J connectivity index is 1.50. The van der Waals surface area contributed by atoms with Gasteiger partial charge in [0.1, 0.15) is 23.1 Å². The molecule has 0 spiro atoms. The van der Waals surface area contributed by atoms with Crippen LogP contribution in [0.4, 0.5) is 0 Å². The number of pyridine rings is 1. The summed E-state index contributed by atoms with van der Waals surface area (Å²) in [7, 11) is 1.85. The molecule has 0 unspecified atom stereocenters. The molecule has 2 atom stereocenters. The lowest BCUT2D eigenvalue weighted by molar-refractivity contribution is -0.137. The Morgan fingerprint density at radius 1 is 1.15 bits per heavy atom. The van der Waals surface area contributed by atoms with Gasteiger partial charge in [0.2, 0.25) is 5.88 Å². The Hall–Kier alpha value is -3.98. The molecule has 9 heteroatoms. The Morgan fingerprint density at radius 3 is 2.69 bits per heavy atom. The minimum Gasteiger partial charge on any atom is -0.493 e. The SMILES string of the molecule is Cc1ccc([C@@H](CC(=O)O)c2ccc3c(nnn3C)c2C)cc1CN1Cc2nc(O)ccc2O[C@H](C(C)C)C1. The summed E-state index contributed by atoms with van der Waals surface area (Å²) in [5, 5.41) is 28.3. The summed E-state index contributed by atoms with van der Waals surface area (Å²) in [6.45, 7) is 10.2. The minimum absolute atomic E-state index is 0.0227. The second kappa shape index (κ2) is 10.6. The van der Waals surface area contributed by atoms with Crippen LogP contribution in [0.15, 0.2) is 42.5 Å². The maximum atomic E-state index is 12.0. The zero-order valence-corrected chi connectivity index (χ0v) is 23.0. The zero-order chi connectivity index (χ0) is 27.8. The lowest BCUT2D eigenvalue weighted by Crippen LogP contribution is -2.36. The number of hydrogen-bond acceptors (Lipinski definition) is 7. The van der Waals surface area contributed by atoms with Crippen LogP contribution in [0.25, 0.3) is 11.0 Å². The number of ether oxygens (including phenoxy) is 1. The average molecular weight is 530 g/mol. The highest BCUT2D eigenvalue weighted by molar-refractivity contribution is 5.80. The van der Waals surface area contributed by atoms with Crippen molar-refractivity contribution in [2.45, 2.75) is 59.2 Å². The number of aromatic hydroxyl groups is 1. The highest BCUT2D eigenvalue weighted by atomic mass is 16.5. The number of hydrogen-bond donors (Lipinski definition) is 2. The van der Waals surface area contributed by atoms with Crippen LogP contribution in [0.3, 0.4) is 0 Å². The van der Waals surface area contributed by atoms with E-state index in [2.05, 4.69) is 53.1 Å². The van der Waals surface area contributed by atoms with Crippen LogP contribution in [-0.2, 0) is 24.9 Å². The van der Waals surface area contributed by atoms with Crippen LogP contribution in [0.2, 0.25) is 0 Å². The number of aryl methyl sites for hydroxylation is 3. The lowest BCUT2D eigenvalue weighted by atomic mass is 9.84. The molecule has 0 fully saturated rings. The van der Waals surface area contributed by atoms with Gasteiger partial charge in [0.25, 0.3) is 0 Å². The summed E-state index contributed by atoms with van der Waals surface area (Å²) in [4.78, 5) is 18.6. The monoisotopic (exact) mass is 529 g/mol. The number of aromatic nitrogens is 4. The van der Waals surface area contributed by atoms with Crippen molar-refractivity contribution in [2.24, 2.45) is 13.0 Å². The Labute approximate surface area is 228 Å². The molecule has 39 heavy (non-hydrogen) atoms.